The third-order valence-electron chi connectivity index (χ3n) is 5.33. The molecule has 0 N–H and O–H groups in total. The Balaban J connectivity index is 1.68. The van der Waals surface area contributed by atoms with Gasteiger partial charge in [0.2, 0.25) is 15.9 Å². The third kappa shape index (κ3) is 5.13. The Hall–Kier alpha value is -2.13. The van der Waals surface area contributed by atoms with Crippen molar-refractivity contribution in [2.24, 2.45) is 0 Å². The maximum Gasteiger partial charge on any atom is 0.410 e. The van der Waals surface area contributed by atoms with Gasteiger partial charge in [0.15, 0.2) is 0 Å². The Morgan fingerprint density at radius 2 is 1.53 bits per heavy atom. The van der Waals surface area contributed by atoms with Crippen LogP contribution in [0.4, 0.5) is 4.79 Å². The van der Waals surface area contributed by atoms with Crippen molar-refractivity contribution in [2.45, 2.75) is 56.6 Å². The number of carbonyl (C=O) groups is 2. The van der Waals surface area contributed by atoms with Gasteiger partial charge in [-0.1, -0.05) is 24.6 Å². The number of benzene rings is 1. The fourth-order valence-corrected chi connectivity index (χ4v) is 5.49. The first kappa shape index (κ1) is 22.6. The van der Waals surface area contributed by atoms with Crippen molar-refractivity contribution < 1.29 is 22.7 Å². The van der Waals surface area contributed by atoms with Crippen molar-refractivity contribution in [1.82, 2.24) is 14.1 Å². The maximum atomic E-state index is 13.2. The summed E-state index contributed by atoms with van der Waals surface area (Å²) in [6, 6.07) is 7.56. The number of amides is 2. The monoisotopic (exact) mass is 437 g/mol. The zero-order valence-corrected chi connectivity index (χ0v) is 18.7. The van der Waals surface area contributed by atoms with Crippen LogP contribution in [-0.4, -0.2) is 78.9 Å². The van der Waals surface area contributed by atoms with Crippen LogP contribution >= 0.6 is 0 Å². The van der Waals surface area contributed by atoms with E-state index in [0.29, 0.717) is 39.1 Å². The van der Waals surface area contributed by atoms with Gasteiger partial charge in [0.1, 0.15) is 11.6 Å². The number of nitrogens with zero attached hydrogens (tertiary/aromatic N) is 3. The molecule has 3 rings (SSSR count). The van der Waals surface area contributed by atoms with E-state index in [1.807, 2.05) is 20.8 Å². The molecular formula is C21H31N3O5S. The smallest absolute Gasteiger partial charge is 0.410 e. The molecule has 8 nitrogen and oxygen atoms in total. The molecule has 2 heterocycles. The number of piperidine rings is 1. The molecule has 2 saturated heterocycles. The van der Waals surface area contributed by atoms with E-state index in [9.17, 15) is 18.0 Å². The summed E-state index contributed by atoms with van der Waals surface area (Å²) in [6.07, 6.45) is 1.68. The molecule has 1 atom stereocenters. The first-order valence-electron chi connectivity index (χ1n) is 10.4. The van der Waals surface area contributed by atoms with E-state index in [1.54, 1.807) is 40.1 Å². The van der Waals surface area contributed by atoms with Crippen molar-refractivity contribution in [3.63, 3.8) is 0 Å². The number of sulfonamides is 1. The number of carbonyl (C=O) groups excluding carboxylic acids is 2. The predicted octanol–water partition coefficient (Wildman–Crippen LogP) is 2.31. The summed E-state index contributed by atoms with van der Waals surface area (Å²) in [6.45, 7) is 7.27. The number of piperazine rings is 1. The van der Waals surface area contributed by atoms with E-state index in [2.05, 4.69) is 0 Å². The molecule has 0 radical (unpaired) electrons. The topological polar surface area (TPSA) is 87.2 Å². The van der Waals surface area contributed by atoms with Crippen molar-refractivity contribution in [3.8, 4) is 0 Å². The second-order valence-electron chi connectivity index (χ2n) is 8.73. The first-order chi connectivity index (χ1) is 14.1. The first-order valence-corrected chi connectivity index (χ1v) is 11.9. The van der Waals surface area contributed by atoms with Crippen LogP contribution in [0.1, 0.15) is 40.0 Å². The van der Waals surface area contributed by atoms with E-state index in [-0.39, 0.29) is 16.9 Å². The summed E-state index contributed by atoms with van der Waals surface area (Å²) in [5.74, 6) is -0.182. The summed E-state index contributed by atoms with van der Waals surface area (Å²) in [4.78, 5) is 28.9. The molecule has 0 aromatic heterocycles. The average molecular weight is 438 g/mol. The molecule has 2 amide bonds. The summed E-state index contributed by atoms with van der Waals surface area (Å²) in [5, 5.41) is 0. The molecule has 9 heteroatoms. The van der Waals surface area contributed by atoms with Crippen LogP contribution in [0.5, 0.6) is 0 Å². The lowest BCUT2D eigenvalue weighted by atomic mass is 10.0. The highest BCUT2D eigenvalue weighted by molar-refractivity contribution is 7.89. The van der Waals surface area contributed by atoms with Crippen molar-refractivity contribution >= 4 is 22.0 Å². The molecule has 0 aliphatic carbocycles. The van der Waals surface area contributed by atoms with Crippen LogP contribution in [-0.2, 0) is 19.6 Å². The molecule has 0 bridgehead atoms. The van der Waals surface area contributed by atoms with Crippen LogP contribution in [0, 0.1) is 0 Å². The normalized spacial score (nSPS) is 21.4. The summed E-state index contributed by atoms with van der Waals surface area (Å²) in [5.41, 5.74) is -0.571. The number of hydrogen-bond acceptors (Lipinski definition) is 5. The van der Waals surface area contributed by atoms with Gasteiger partial charge in [0, 0.05) is 32.7 Å². The molecule has 0 saturated carbocycles. The molecule has 0 spiro atoms. The minimum atomic E-state index is -3.74. The molecule has 2 aliphatic rings. The molecule has 1 aromatic carbocycles. The number of ether oxygens (including phenoxy) is 1. The molecule has 1 aromatic rings. The quantitative estimate of drug-likeness (QED) is 0.724. The molecule has 0 unspecified atom stereocenters. The predicted molar refractivity (Wildman–Crippen MR) is 112 cm³/mol. The second-order valence-corrected chi connectivity index (χ2v) is 10.6. The zero-order valence-electron chi connectivity index (χ0n) is 17.9. The van der Waals surface area contributed by atoms with Crippen LogP contribution < -0.4 is 0 Å². The van der Waals surface area contributed by atoms with Gasteiger partial charge in [0.25, 0.3) is 0 Å². The Bertz CT molecular complexity index is 858. The van der Waals surface area contributed by atoms with Crippen LogP contribution in [0.3, 0.4) is 0 Å². The maximum absolute atomic E-state index is 13.2. The third-order valence-corrected chi connectivity index (χ3v) is 7.25. The van der Waals surface area contributed by atoms with Crippen LogP contribution in [0.25, 0.3) is 0 Å². The Labute approximate surface area is 178 Å². The highest BCUT2D eigenvalue weighted by Gasteiger charge is 2.40. The van der Waals surface area contributed by atoms with Gasteiger partial charge in [-0.15, -0.1) is 0 Å². The summed E-state index contributed by atoms with van der Waals surface area (Å²) >= 11 is 0. The fraction of sp³-hybridized carbons (Fsp3) is 0.619. The lowest BCUT2D eigenvalue weighted by Crippen LogP contribution is -2.58. The van der Waals surface area contributed by atoms with Gasteiger partial charge in [-0.3, -0.25) is 4.79 Å². The minimum absolute atomic E-state index is 0.182. The average Bonchev–Trinajstić information content (AvgIpc) is 2.73. The highest BCUT2D eigenvalue weighted by Crippen LogP contribution is 2.27. The Morgan fingerprint density at radius 1 is 0.933 bits per heavy atom. The number of rotatable bonds is 3. The van der Waals surface area contributed by atoms with Crippen molar-refractivity contribution in [1.29, 1.82) is 0 Å². The van der Waals surface area contributed by atoms with Gasteiger partial charge >= 0.3 is 6.09 Å². The lowest BCUT2D eigenvalue weighted by molar-refractivity contribution is -0.138. The fourth-order valence-electron chi connectivity index (χ4n) is 3.81. The SMILES string of the molecule is CC(C)(C)OC(=O)N1CCN(C(=O)[C@@H]2CCCCN2S(=O)(=O)c2ccccc2)CC1. The van der Waals surface area contributed by atoms with Crippen LogP contribution in [0.2, 0.25) is 0 Å². The van der Waals surface area contributed by atoms with Crippen molar-refractivity contribution in [3.05, 3.63) is 30.3 Å². The van der Waals surface area contributed by atoms with Gasteiger partial charge in [-0.05, 0) is 45.7 Å². The largest absolute Gasteiger partial charge is 0.444 e. The Morgan fingerprint density at radius 3 is 2.13 bits per heavy atom. The molecule has 166 valence electrons. The Kier molecular flexibility index (Phi) is 6.71. The summed E-state index contributed by atoms with van der Waals surface area (Å²) in [7, 11) is -3.74. The van der Waals surface area contributed by atoms with Gasteiger partial charge in [-0.25, -0.2) is 13.2 Å². The molecule has 2 aliphatic heterocycles. The molecular weight excluding hydrogens is 406 g/mol. The highest BCUT2D eigenvalue weighted by atomic mass is 32.2. The van der Waals surface area contributed by atoms with E-state index in [4.69, 9.17) is 4.74 Å². The van der Waals surface area contributed by atoms with Gasteiger partial charge < -0.3 is 14.5 Å². The van der Waals surface area contributed by atoms with Crippen LogP contribution in [0.15, 0.2) is 35.2 Å². The standard InChI is InChI=1S/C21H31N3O5S/c1-21(2,3)29-20(26)23-15-13-22(14-16-23)19(25)18-11-7-8-12-24(18)30(27,28)17-9-5-4-6-10-17/h4-6,9-10,18H,7-8,11-16H2,1-3H3/t18-/m0/s1. The van der Waals surface area contributed by atoms with Crippen molar-refractivity contribution in [2.75, 3.05) is 32.7 Å². The molecule has 2 fully saturated rings. The molecule has 30 heavy (non-hydrogen) atoms. The van der Waals surface area contributed by atoms with Gasteiger partial charge in [-0.2, -0.15) is 4.31 Å². The zero-order chi connectivity index (χ0) is 21.9. The summed E-state index contributed by atoms with van der Waals surface area (Å²) < 4.78 is 33.0. The van der Waals surface area contributed by atoms with E-state index in [0.717, 1.165) is 12.8 Å². The van der Waals surface area contributed by atoms with E-state index < -0.39 is 21.7 Å². The van der Waals surface area contributed by atoms with Gasteiger partial charge in [0.05, 0.1) is 4.90 Å². The van der Waals surface area contributed by atoms with E-state index >= 15 is 0 Å². The lowest BCUT2D eigenvalue weighted by Gasteiger charge is -2.40. The number of hydrogen-bond donors (Lipinski definition) is 0. The minimum Gasteiger partial charge on any atom is -0.444 e. The van der Waals surface area contributed by atoms with E-state index in [1.165, 1.54) is 4.31 Å². The second kappa shape index (κ2) is 8.93.